The van der Waals surface area contributed by atoms with Crippen molar-refractivity contribution < 1.29 is 9.47 Å². The average molecular weight is 288 g/mol. The van der Waals surface area contributed by atoms with Gasteiger partial charge in [-0.1, -0.05) is 29.8 Å². The lowest BCUT2D eigenvalue weighted by atomic mass is 9.84. The molecule has 0 saturated carbocycles. The first kappa shape index (κ1) is 13.3. The highest BCUT2D eigenvalue weighted by molar-refractivity contribution is 9.10. The largest absolute Gasteiger partial charge is 0.497 e. The number of rotatable bonds is 4. The van der Waals surface area contributed by atoms with Crippen molar-refractivity contribution in [3.63, 3.8) is 0 Å². The molecule has 1 aromatic rings. The Morgan fingerprint density at radius 1 is 1.25 bits per heavy atom. The quantitative estimate of drug-likeness (QED) is 0.926. The fourth-order valence-corrected chi connectivity index (χ4v) is 2.55. The molecule has 0 bridgehead atoms. The van der Waals surface area contributed by atoms with Crippen LogP contribution in [0, 0.1) is 0 Å². The van der Waals surface area contributed by atoms with Gasteiger partial charge in [-0.05, 0) is 6.07 Å². The van der Waals surface area contributed by atoms with Crippen molar-refractivity contribution in [1.29, 1.82) is 0 Å². The summed E-state index contributed by atoms with van der Waals surface area (Å²) in [6.45, 7) is 4.72. The molecule has 0 amide bonds. The van der Waals surface area contributed by atoms with E-state index in [4.69, 9.17) is 15.2 Å². The smallest absolute Gasteiger partial charge is 0.127 e. The summed E-state index contributed by atoms with van der Waals surface area (Å²) in [4.78, 5) is 0. The summed E-state index contributed by atoms with van der Waals surface area (Å²) in [5.74, 6) is 1.56. The first-order valence-corrected chi connectivity index (χ1v) is 5.87. The zero-order valence-electron chi connectivity index (χ0n) is 10.1. The van der Waals surface area contributed by atoms with E-state index in [-0.39, 0.29) is 5.41 Å². The van der Waals surface area contributed by atoms with Crippen molar-refractivity contribution in [2.24, 2.45) is 5.73 Å². The molecule has 0 atom stereocenters. The minimum absolute atomic E-state index is 0.142. The molecule has 0 saturated heterocycles. The van der Waals surface area contributed by atoms with E-state index >= 15 is 0 Å². The van der Waals surface area contributed by atoms with Gasteiger partial charge in [0.05, 0.1) is 14.2 Å². The van der Waals surface area contributed by atoms with Gasteiger partial charge in [-0.2, -0.15) is 0 Å². The van der Waals surface area contributed by atoms with E-state index in [0.29, 0.717) is 6.54 Å². The summed E-state index contributed by atoms with van der Waals surface area (Å²) in [5, 5.41) is 0. The third kappa shape index (κ3) is 2.50. The van der Waals surface area contributed by atoms with Crippen LogP contribution in [0.4, 0.5) is 0 Å². The van der Waals surface area contributed by atoms with Gasteiger partial charge in [0, 0.05) is 28.1 Å². The Kier molecular flexibility index (Phi) is 4.21. The molecule has 0 radical (unpaired) electrons. The van der Waals surface area contributed by atoms with E-state index in [9.17, 15) is 0 Å². The molecular formula is C12H18BrNO2. The highest BCUT2D eigenvalue weighted by atomic mass is 79.9. The summed E-state index contributed by atoms with van der Waals surface area (Å²) in [7, 11) is 3.28. The van der Waals surface area contributed by atoms with Gasteiger partial charge in [0.15, 0.2) is 0 Å². The predicted molar refractivity (Wildman–Crippen MR) is 69.3 cm³/mol. The zero-order valence-corrected chi connectivity index (χ0v) is 11.7. The van der Waals surface area contributed by atoms with Gasteiger partial charge in [-0.25, -0.2) is 0 Å². The van der Waals surface area contributed by atoms with Crippen LogP contribution in [-0.2, 0) is 5.41 Å². The third-order valence-electron chi connectivity index (χ3n) is 2.67. The molecule has 3 nitrogen and oxygen atoms in total. The van der Waals surface area contributed by atoms with Crippen LogP contribution in [-0.4, -0.2) is 20.8 Å². The zero-order chi connectivity index (χ0) is 12.3. The molecule has 90 valence electrons. The second-order valence-electron chi connectivity index (χ2n) is 4.27. The lowest BCUT2D eigenvalue weighted by molar-refractivity contribution is 0.379. The number of nitrogens with two attached hydrogens (primary N) is 1. The molecule has 2 N–H and O–H groups in total. The lowest BCUT2D eigenvalue weighted by Gasteiger charge is -2.27. The number of benzene rings is 1. The van der Waals surface area contributed by atoms with Crippen LogP contribution in [0.2, 0.25) is 0 Å². The Bertz CT molecular complexity index is 378. The molecule has 0 unspecified atom stereocenters. The van der Waals surface area contributed by atoms with Crippen LogP contribution in [0.15, 0.2) is 16.6 Å². The minimum atomic E-state index is -0.142. The van der Waals surface area contributed by atoms with Crippen molar-refractivity contribution in [3.05, 3.63) is 22.2 Å². The van der Waals surface area contributed by atoms with Crippen molar-refractivity contribution >= 4 is 15.9 Å². The molecule has 1 rings (SSSR count). The van der Waals surface area contributed by atoms with E-state index in [1.165, 1.54) is 0 Å². The second kappa shape index (κ2) is 5.06. The molecule has 0 aromatic heterocycles. The number of ether oxygens (including phenoxy) is 2. The minimum Gasteiger partial charge on any atom is -0.497 e. The summed E-state index contributed by atoms with van der Waals surface area (Å²) < 4.78 is 11.5. The lowest BCUT2D eigenvalue weighted by Crippen LogP contribution is -2.29. The topological polar surface area (TPSA) is 44.5 Å². The first-order chi connectivity index (χ1) is 7.46. The average Bonchev–Trinajstić information content (AvgIpc) is 2.27. The maximum atomic E-state index is 5.79. The summed E-state index contributed by atoms with van der Waals surface area (Å²) >= 11 is 3.54. The van der Waals surface area contributed by atoms with E-state index in [1.54, 1.807) is 14.2 Å². The van der Waals surface area contributed by atoms with Crippen LogP contribution in [0.3, 0.4) is 0 Å². The fourth-order valence-electron chi connectivity index (χ4n) is 1.60. The SMILES string of the molecule is COc1cc(Br)c(C(C)(C)CN)c(OC)c1. The van der Waals surface area contributed by atoms with Crippen molar-refractivity contribution in [1.82, 2.24) is 0 Å². The molecule has 0 heterocycles. The molecule has 0 aliphatic heterocycles. The summed E-state index contributed by atoms with van der Waals surface area (Å²) in [6, 6.07) is 3.80. The first-order valence-electron chi connectivity index (χ1n) is 5.08. The Labute approximate surface area is 105 Å². The van der Waals surface area contributed by atoms with Gasteiger partial charge in [0.1, 0.15) is 11.5 Å². The van der Waals surface area contributed by atoms with Crippen molar-refractivity contribution in [2.75, 3.05) is 20.8 Å². The van der Waals surface area contributed by atoms with Crippen molar-refractivity contribution in [3.8, 4) is 11.5 Å². The Balaban J connectivity index is 3.38. The maximum absolute atomic E-state index is 5.79. The fraction of sp³-hybridized carbons (Fsp3) is 0.500. The highest BCUT2D eigenvalue weighted by Crippen LogP contribution is 2.39. The van der Waals surface area contributed by atoms with E-state index in [0.717, 1.165) is 21.5 Å². The summed E-state index contributed by atoms with van der Waals surface area (Å²) in [6.07, 6.45) is 0. The summed E-state index contributed by atoms with van der Waals surface area (Å²) in [5.41, 5.74) is 6.72. The van der Waals surface area contributed by atoms with Crippen LogP contribution >= 0.6 is 15.9 Å². The normalized spacial score (nSPS) is 11.4. The Hall–Kier alpha value is -0.740. The number of halogens is 1. The number of hydrogen-bond donors (Lipinski definition) is 1. The molecule has 16 heavy (non-hydrogen) atoms. The van der Waals surface area contributed by atoms with Gasteiger partial charge in [0.2, 0.25) is 0 Å². The molecule has 1 aromatic carbocycles. The molecular weight excluding hydrogens is 270 g/mol. The van der Waals surface area contributed by atoms with E-state index in [2.05, 4.69) is 29.8 Å². The van der Waals surface area contributed by atoms with Gasteiger partial charge in [-0.15, -0.1) is 0 Å². The van der Waals surface area contributed by atoms with Crippen LogP contribution in [0.1, 0.15) is 19.4 Å². The van der Waals surface area contributed by atoms with Crippen LogP contribution in [0.5, 0.6) is 11.5 Å². The molecule has 0 spiro atoms. The maximum Gasteiger partial charge on any atom is 0.127 e. The molecule has 0 aliphatic carbocycles. The Morgan fingerprint density at radius 3 is 2.31 bits per heavy atom. The van der Waals surface area contributed by atoms with Crippen LogP contribution in [0.25, 0.3) is 0 Å². The second-order valence-corrected chi connectivity index (χ2v) is 5.13. The van der Waals surface area contributed by atoms with Gasteiger partial charge >= 0.3 is 0 Å². The standard InChI is InChI=1S/C12H18BrNO2/c1-12(2,7-14)11-9(13)5-8(15-3)6-10(11)16-4/h5-6H,7,14H2,1-4H3. The predicted octanol–water partition coefficient (Wildman–Crippen LogP) is 2.70. The Morgan fingerprint density at radius 2 is 1.88 bits per heavy atom. The van der Waals surface area contributed by atoms with E-state index < -0.39 is 0 Å². The highest BCUT2D eigenvalue weighted by Gasteiger charge is 2.26. The third-order valence-corrected chi connectivity index (χ3v) is 3.30. The molecule has 0 fully saturated rings. The molecule has 0 aliphatic rings. The van der Waals surface area contributed by atoms with Gasteiger partial charge < -0.3 is 15.2 Å². The molecule has 4 heteroatoms. The van der Waals surface area contributed by atoms with Crippen LogP contribution < -0.4 is 15.2 Å². The van der Waals surface area contributed by atoms with E-state index in [1.807, 2.05) is 12.1 Å². The number of hydrogen-bond acceptors (Lipinski definition) is 3. The monoisotopic (exact) mass is 287 g/mol. The number of methoxy groups -OCH3 is 2. The van der Waals surface area contributed by atoms with Crippen molar-refractivity contribution in [2.45, 2.75) is 19.3 Å². The van der Waals surface area contributed by atoms with Gasteiger partial charge in [0.25, 0.3) is 0 Å². The van der Waals surface area contributed by atoms with Gasteiger partial charge in [-0.3, -0.25) is 0 Å².